The molecule has 1 amide bonds. The molecule has 0 heterocycles. The van der Waals surface area contributed by atoms with Crippen molar-refractivity contribution in [3.05, 3.63) is 58.1 Å². The fraction of sp³-hybridized carbons (Fsp3) is 0.167. The van der Waals surface area contributed by atoms with Crippen LogP contribution in [0.3, 0.4) is 0 Å². The van der Waals surface area contributed by atoms with Crippen molar-refractivity contribution in [2.24, 2.45) is 0 Å². The molecule has 0 aliphatic rings. The van der Waals surface area contributed by atoms with Crippen LogP contribution in [0.2, 0.25) is 0 Å². The molecule has 0 fully saturated rings. The van der Waals surface area contributed by atoms with E-state index in [1.807, 2.05) is 0 Å². The summed E-state index contributed by atoms with van der Waals surface area (Å²) in [5.74, 6) is -3.16. The summed E-state index contributed by atoms with van der Waals surface area (Å²) in [5, 5.41) is 2.17. The maximum absolute atomic E-state index is 13.6. The van der Waals surface area contributed by atoms with E-state index in [9.17, 15) is 23.2 Å². The molecule has 2 aromatic rings. The van der Waals surface area contributed by atoms with Gasteiger partial charge in [-0.2, -0.15) is 0 Å². The average Bonchev–Trinajstić information content (AvgIpc) is 2.61. The van der Waals surface area contributed by atoms with Gasteiger partial charge in [-0.05, 0) is 53.2 Å². The van der Waals surface area contributed by atoms with Gasteiger partial charge in [0.15, 0.2) is 24.8 Å². The summed E-state index contributed by atoms with van der Waals surface area (Å²) in [6, 6.07) is 7.72. The Morgan fingerprint density at radius 3 is 2.33 bits per heavy atom. The van der Waals surface area contributed by atoms with E-state index in [1.165, 1.54) is 19.1 Å². The minimum Gasteiger partial charge on any atom is -0.482 e. The number of rotatable bonds is 7. The number of carbonyl (C=O) groups excluding carboxylic acids is 3. The number of Topliss-reactive ketones (excluding diaryl/α,β-unsaturated/α-hetero) is 1. The van der Waals surface area contributed by atoms with Crippen molar-refractivity contribution in [2.45, 2.75) is 6.92 Å². The first kappa shape index (κ1) is 20.5. The zero-order chi connectivity index (χ0) is 20.0. The van der Waals surface area contributed by atoms with Gasteiger partial charge in [0.25, 0.3) is 5.91 Å². The third-order valence-electron chi connectivity index (χ3n) is 3.25. The molecule has 0 spiro atoms. The van der Waals surface area contributed by atoms with E-state index in [1.54, 1.807) is 12.1 Å². The van der Waals surface area contributed by atoms with Crippen LogP contribution < -0.4 is 10.1 Å². The number of anilines is 1. The average molecular weight is 442 g/mol. The molecule has 1 N–H and O–H groups in total. The van der Waals surface area contributed by atoms with E-state index in [4.69, 9.17) is 9.47 Å². The molecule has 0 aromatic heterocycles. The molecule has 2 aromatic carbocycles. The van der Waals surface area contributed by atoms with Crippen LogP contribution in [0.25, 0.3) is 0 Å². The molecule has 2 rings (SSSR count). The molecule has 9 heteroatoms. The summed E-state index contributed by atoms with van der Waals surface area (Å²) in [6.45, 7) is 0.296. The van der Waals surface area contributed by atoms with Crippen molar-refractivity contribution in [3.63, 3.8) is 0 Å². The van der Waals surface area contributed by atoms with Crippen LogP contribution in [0.4, 0.5) is 14.5 Å². The summed E-state index contributed by atoms with van der Waals surface area (Å²) in [6.07, 6.45) is 0. The van der Waals surface area contributed by atoms with Crippen LogP contribution in [-0.4, -0.2) is 30.9 Å². The van der Waals surface area contributed by atoms with Crippen molar-refractivity contribution < 1.29 is 32.6 Å². The summed E-state index contributed by atoms with van der Waals surface area (Å²) < 4.78 is 36.5. The highest BCUT2D eigenvalue weighted by atomic mass is 79.9. The maximum Gasteiger partial charge on any atom is 0.344 e. The highest BCUT2D eigenvalue weighted by molar-refractivity contribution is 9.10. The summed E-state index contributed by atoms with van der Waals surface area (Å²) in [7, 11) is 0. The zero-order valence-corrected chi connectivity index (χ0v) is 15.6. The molecular formula is C18H14BrF2NO5. The molecule has 0 bridgehead atoms. The number of esters is 1. The quantitative estimate of drug-likeness (QED) is 0.525. The van der Waals surface area contributed by atoms with Gasteiger partial charge in [-0.15, -0.1) is 0 Å². The Morgan fingerprint density at radius 1 is 1.07 bits per heavy atom. The number of halogens is 3. The van der Waals surface area contributed by atoms with Crippen LogP contribution in [0.1, 0.15) is 17.3 Å². The van der Waals surface area contributed by atoms with Gasteiger partial charge in [-0.1, -0.05) is 0 Å². The number of hydrogen-bond donors (Lipinski definition) is 1. The second-order valence-corrected chi connectivity index (χ2v) is 6.18. The Hall–Kier alpha value is -2.81. The van der Waals surface area contributed by atoms with Gasteiger partial charge >= 0.3 is 5.97 Å². The van der Waals surface area contributed by atoms with Gasteiger partial charge in [-0.3, -0.25) is 9.59 Å². The Labute approximate surface area is 161 Å². The molecule has 27 heavy (non-hydrogen) atoms. The minimum atomic E-state index is -0.973. The van der Waals surface area contributed by atoms with Gasteiger partial charge in [-0.25, -0.2) is 13.6 Å². The first-order valence-electron chi connectivity index (χ1n) is 7.60. The Bertz CT molecular complexity index is 848. The highest BCUT2D eigenvalue weighted by Gasteiger charge is 2.14. The second kappa shape index (κ2) is 9.22. The van der Waals surface area contributed by atoms with Gasteiger partial charge in [0.1, 0.15) is 11.6 Å². The van der Waals surface area contributed by atoms with Crippen LogP contribution in [0, 0.1) is 11.6 Å². The fourth-order valence-corrected chi connectivity index (χ4v) is 2.46. The molecule has 0 atom stereocenters. The molecule has 6 nitrogen and oxygen atoms in total. The zero-order valence-electron chi connectivity index (χ0n) is 14.1. The summed E-state index contributed by atoms with van der Waals surface area (Å²) >= 11 is 2.93. The van der Waals surface area contributed by atoms with Gasteiger partial charge in [0.05, 0.1) is 5.69 Å². The monoisotopic (exact) mass is 441 g/mol. The highest BCUT2D eigenvalue weighted by Crippen LogP contribution is 2.26. The third kappa shape index (κ3) is 6.14. The van der Waals surface area contributed by atoms with E-state index >= 15 is 0 Å². The minimum absolute atomic E-state index is 0.0111. The molecule has 0 saturated heterocycles. The van der Waals surface area contributed by atoms with E-state index in [-0.39, 0.29) is 15.9 Å². The van der Waals surface area contributed by atoms with Crippen LogP contribution in [0.15, 0.2) is 40.9 Å². The van der Waals surface area contributed by atoms with E-state index in [0.29, 0.717) is 17.4 Å². The smallest absolute Gasteiger partial charge is 0.344 e. The number of benzene rings is 2. The van der Waals surface area contributed by atoms with E-state index in [2.05, 4.69) is 21.2 Å². The molecular weight excluding hydrogens is 428 g/mol. The Balaban J connectivity index is 1.80. The number of amides is 1. The van der Waals surface area contributed by atoms with Crippen molar-refractivity contribution >= 4 is 39.3 Å². The van der Waals surface area contributed by atoms with Crippen molar-refractivity contribution in [3.8, 4) is 5.75 Å². The molecule has 0 radical (unpaired) electrons. The lowest BCUT2D eigenvalue weighted by atomic mass is 10.1. The maximum atomic E-state index is 13.6. The van der Waals surface area contributed by atoms with E-state index in [0.717, 1.165) is 6.07 Å². The fourth-order valence-electron chi connectivity index (χ4n) is 1.95. The lowest BCUT2D eigenvalue weighted by molar-refractivity contribution is -0.149. The van der Waals surface area contributed by atoms with E-state index < -0.39 is 36.7 Å². The first-order valence-corrected chi connectivity index (χ1v) is 8.39. The van der Waals surface area contributed by atoms with Crippen LogP contribution in [-0.2, 0) is 14.3 Å². The molecule has 0 saturated carbocycles. The van der Waals surface area contributed by atoms with Gasteiger partial charge in [0.2, 0.25) is 0 Å². The molecule has 0 aliphatic heterocycles. The summed E-state index contributed by atoms with van der Waals surface area (Å²) in [4.78, 5) is 34.5. The topological polar surface area (TPSA) is 81.7 Å². The number of ketones is 1. The second-order valence-electron chi connectivity index (χ2n) is 5.32. The summed E-state index contributed by atoms with van der Waals surface area (Å²) in [5.41, 5.74) is 0.236. The third-order valence-corrected chi connectivity index (χ3v) is 3.88. The standard InChI is InChI=1S/C18H14BrF2NO5/c1-10(23)11-2-4-13(5-3-11)26-9-17(25)27-8-16(24)22-18-14(19)6-12(20)7-15(18)21/h2-7H,8-9H2,1H3,(H,22,24). The normalized spacial score (nSPS) is 10.2. The number of nitrogens with one attached hydrogen (secondary N) is 1. The van der Waals surface area contributed by atoms with Crippen LogP contribution in [0.5, 0.6) is 5.75 Å². The first-order chi connectivity index (χ1) is 12.8. The van der Waals surface area contributed by atoms with Crippen molar-refractivity contribution in [2.75, 3.05) is 18.5 Å². The number of carbonyl (C=O) groups is 3. The number of ether oxygens (including phenoxy) is 2. The Morgan fingerprint density at radius 2 is 1.74 bits per heavy atom. The van der Waals surface area contributed by atoms with Crippen molar-refractivity contribution in [1.29, 1.82) is 0 Å². The SMILES string of the molecule is CC(=O)c1ccc(OCC(=O)OCC(=O)Nc2c(F)cc(F)cc2Br)cc1. The predicted molar refractivity (Wildman–Crippen MR) is 95.6 cm³/mol. The predicted octanol–water partition coefficient (Wildman–Crippen LogP) is 3.49. The van der Waals surface area contributed by atoms with Gasteiger partial charge in [0, 0.05) is 16.1 Å². The number of hydrogen-bond acceptors (Lipinski definition) is 5. The molecule has 0 aliphatic carbocycles. The lowest BCUT2D eigenvalue weighted by Crippen LogP contribution is -2.24. The largest absolute Gasteiger partial charge is 0.482 e. The van der Waals surface area contributed by atoms with Crippen molar-refractivity contribution in [1.82, 2.24) is 0 Å². The van der Waals surface area contributed by atoms with Crippen LogP contribution >= 0.6 is 15.9 Å². The molecule has 142 valence electrons. The lowest BCUT2D eigenvalue weighted by Gasteiger charge is -2.10. The Kier molecular flexibility index (Phi) is 7.00. The van der Waals surface area contributed by atoms with Gasteiger partial charge < -0.3 is 14.8 Å². The molecule has 0 unspecified atom stereocenters.